The Morgan fingerprint density at radius 2 is 1.96 bits per heavy atom. The molecule has 2 heterocycles. The Kier molecular flexibility index (Phi) is 5.55. The molecule has 2 aromatic heterocycles. The van der Waals surface area contributed by atoms with Crippen LogP contribution in [0.15, 0.2) is 53.4 Å². The predicted molar refractivity (Wildman–Crippen MR) is 103 cm³/mol. The van der Waals surface area contributed by atoms with E-state index in [9.17, 15) is 0 Å². The van der Waals surface area contributed by atoms with Crippen LogP contribution in [0.5, 0.6) is 0 Å². The Balaban J connectivity index is 1.68. The van der Waals surface area contributed by atoms with Gasteiger partial charge in [0.05, 0.1) is 6.20 Å². The number of halogens is 1. The van der Waals surface area contributed by atoms with Gasteiger partial charge < -0.3 is 10.2 Å². The van der Waals surface area contributed by atoms with Gasteiger partial charge in [0.15, 0.2) is 5.82 Å². The summed E-state index contributed by atoms with van der Waals surface area (Å²) in [6.45, 7) is 2.87. The van der Waals surface area contributed by atoms with E-state index in [4.69, 9.17) is 0 Å². The van der Waals surface area contributed by atoms with Crippen LogP contribution in [-0.4, -0.2) is 33.8 Å². The zero-order valence-corrected chi connectivity index (χ0v) is 15.7. The van der Waals surface area contributed by atoms with E-state index in [2.05, 4.69) is 46.3 Å². The molecule has 6 nitrogen and oxygen atoms in total. The SMILES string of the molecule is Cc1cc(Br)ccc1Nc1nncc(N(C)CCc2ccncc2)n1. The Labute approximate surface area is 155 Å². The van der Waals surface area contributed by atoms with Crippen molar-refractivity contribution in [1.29, 1.82) is 0 Å². The first-order valence-electron chi connectivity index (χ1n) is 7.95. The van der Waals surface area contributed by atoms with Crippen LogP contribution in [0.25, 0.3) is 0 Å². The average molecular weight is 399 g/mol. The fourth-order valence-corrected chi connectivity index (χ4v) is 2.86. The molecule has 3 rings (SSSR count). The second-order valence-electron chi connectivity index (χ2n) is 5.75. The van der Waals surface area contributed by atoms with E-state index in [1.165, 1.54) is 5.56 Å². The van der Waals surface area contributed by atoms with E-state index in [0.717, 1.165) is 34.5 Å². The molecule has 128 valence electrons. The van der Waals surface area contributed by atoms with Crippen molar-refractivity contribution in [1.82, 2.24) is 20.2 Å². The number of anilines is 3. The summed E-state index contributed by atoms with van der Waals surface area (Å²) in [5, 5.41) is 11.4. The normalized spacial score (nSPS) is 10.5. The van der Waals surface area contributed by atoms with Crippen LogP contribution in [0, 0.1) is 6.92 Å². The Hall–Kier alpha value is -2.54. The number of pyridine rings is 1. The van der Waals surface area contributed by atoms with E-state index >= 15 is 0 Å². The summed E-state index contributed by atoms with van der Waals surface area (Å²) in [7, 11) is 2.00. The van der Waals surface area contributed by atoms with Crippen LogP contribution in [0.2, 0.25) is 0 Å². The second-order valence-corrected chi connectivity index (χ2v) is 6.67. The smallest absolute Gasteiger partial charge is 0.249 e. The van der Waals surface area contributed by atoms with Crippen molar-refractivity contribution >= 4 is 33.4 Å². The van der Waals surface area contributed by atoms with Crippen molar-refractivity contribution in [2.45, 2.75) is 13.3 Å². The molecule has 0 bridgehead atoms. The minimum Gasteiger partial charge on any atom is -0.358 e. The third-order valence-electron chi connectivity index (χ3n) is 3.86. The molecule has 0 aliphatic rings. The molecule has 25 heavy (non-hydrogen) atoms. The van der Waals surface area contributed by atoms with Gasteiger partial charge in [0.1, 0.15) is 0 Å². The number of aryl methyl sites for hydroxylation is 1. The van der Waals surface area contributed by atoms with Crippen molar-refractivity contribution in [3.63, 3.8) is 0 Å². The van der Waals surface area contributed by atoms with Gasteiger partial charge >= 0.3 is 0 Å². The van der Waals surface area contributed by atoms with Gasteiger partial charge in [0.25, 0.3) is 0 Å². The maximum absolute atomic E-state index is 4.56. The van der Waals surface area contributed by atoms with Crippen LogP contribution < -0.4 is 10.2 Å². The number of nitrogens with one attached hydrogen (secondary N) is 1. The summed E-state index contributed by atoms with van der Waals surface area (Å²) in [6, 6.07) is 10.1. The molecule has 0 atom stereocenters. The molecular weight excluding hydrogens is 380 g/mol. The van der Waals surface area contributed by atoms with Crippen LogP contribution in [0.3, 0.4) is 0 Å². The van der Waals surface area contributed by atoms with Gasteiger partial charge in [0.2, 0.25) is 5.95 Å². The standard InChI is InChI=1S/C18H19BrN6/c1-13-11-15(19)3-4-16(13)22-18-23-17(12-21-24-18)25(2)10-7-14-5-8-20-9-6-14/h3-6,8-9,11-12H,7,10H2,1-2H3,(H,22,23,24). The summed E-state index contributed by atoms with van der Waals surface area (Å²) >= 11 is 3.47. The largest absolute Gasteiger partial charge is 0.358 e. The molecule has 0 spiro atoms. The van der Waals surface area contributed by atoms with Gasteiger partial charge in [-0.3, -0.25) is 4.98 Å². The number of rotatable bonds is 6. The molecule has 0 fully saturated rings. The average Bonchev–Trinajstić information content (AvgIpc) is 2.63. The number of aromatic nitrogens is 4. The van der Waals surface area contributed by atoms with Gasteiger partial charge in [-0.1, -0.05) is 15.9 Å². The molecule has 0 amide bonds. The molecule has 0 aliphatic carbocycles. The molecule has 3 aromatic rings. The molecule has 1 N–H and O–H groups in total. The molecule has 0 saturated carbocycles. The molecule has 0 saturated heterocycles. The van der Waals surface area contributed by atoms with Crippen molar-refractivity contribution in [2.75, 3.05) is 23.8 Å². The molecule has 0 aliphatic heterocycles. The van der Waals surface area contributed by atoms with Crippen molar-refractivity contribution in [3.05, 3.63) is 64.5 Å². The van der Waals surface area contributed by atoms with Gasteiger partial charge in [-0.05, 0) is 54.8 Å². The Morgan fingerprint density at radius 1 is 1.16 bits per heavy atom. The number of nitrogens with zero attached hydrogens (tertiary/aromatic N) is 5. The summed E-state index contributed by atoms with van der Waals surface area (Å²) in [6.07, 6.45) is 6.21. The molecule has 0 radical (unpaired) electrons. The minimum atomic E-state index is 0.485. The highest BCUT2D eigenvalue weighted by atomic mass is 79.9. The van der Waals surface area contributed by atoms with Crippen LogP contribution in [0.1, 0.15) is 11.1 Å². The summed E-state index contributed by atoms with van der Waals surface area (Å²) in [5.41, 5.74) is 3.31. The lowest BCUT2D eigenvalue weighted by molar-refractivity contribution is 0.840. The zero-order chi connectivity index (χ0) is 17.6. The first-order chi connectivity index (χ1) is 12.1. The quantitative estimate of drug-likeness (QED) is 0.681. The molecule has 7 heteroatoms. The van der Waals surface area contributed by atoms with E-state index in [1.807, 2.05) is 56.7 Å². The lowest BCUT2D eigenvalue weighted by Gasteiger charge is -2.18. The molecular formula is C18H19BrN6. The Bertz CT molecular complexity index is 840. The van der Waals surface area contributed by atoms with Crippen molar-refractivity contribution in [3.8, 4) is 0 Å². The van der Waals surface area contributed by atoms with Gasteiger partial charge in [-0.25, -0.2) is 0 Å². The lowest BCUT2D eigenvalue weighted by atomic mass is 10.2. The predicted octanol–water partition coefficient (Wildman–Crippen LogP) is 3.76. The maximum atomic E-state index is 4.56. The summed E-state index contributed by atoms with van der Waals surface area (Å²) in [5.74, 6) is 1.26. The van der Waals surface area contributed by atoms with Gasteiger partial charge in [0, 0.05) is 36.1 Å². The zero-order valence-electron chi connectivity index (χ0n) is 14.1. The minimum absolute atomic E-state index is 0.485. The number of hydrogen-bond donors (Lipinski definition) is 1. The topological polar surface area (TPSA) is 66.8 Å². The summed E-state index contributed by atoms with van der Waals surface area (Å²) < 4.78 is 1.04. The van der Waals surface area contributed by atoms with Crippen molar-refractivity contribution < 1.29 is 0 Å². The fourth-order valence-electron chi connectivity index (χ4n) is 2.38. The maximum Gasteiger partial charge on any atom is 0.249 e. The lowest BCUT2D eigenvalue weighted by Crippen LogP contribution is -2.22. The highest BCUT2D eigenvalue weighted by Crippen LogP contribution is 2.22. The highest BCUT2D eigenvalue weighted by Gasteiger charge is 2.08. The summed E-state index contributed by atoms with van der Waals surface area (Å²) in [4.78, 5) is 10.7. The Morgan fingerprint density at radius 3 is 2.72 bits per heavy atom. The third-order valence-corrected chi connectivity index (χ3v) is 4.35. The van der Waals surface area contributed by atoms with E-state index in [1.54, 1.807) is 6.20 Å². The number of benzene rings is 1. The molecule has 0 unspecified atom stereocenters. The number of hydrogen-bond acceptors (Lipinski definition) is 6. The van der Waals surface area contributed by atoms with Crippen LogP contribution in [0.4, 0.5) is 17.5 Å². The molecule has 1 aromatic carbocycles. The van der Waals surface area contributed by atoms with Crippen molar-refractivity contribution in [2.24, 2.45) is 0 Å². The first-order valence-corrected chi connectivity index (χ1v) is 8.74. The second kappa shape index (κ2) is 8.02. The van der Waals surface area contributed by atoms with Gasteiger partial charge in [-0.2, -0.15) is 10.1 Å². The third kappa shape index (κ3) is 4.73. The van der Waals surface area contributed by atoms with E-state index in [0.29, 0.717) is 5.95 Å². The van der Waals surface area contributed by atoms with Gasteiger partial charge in [-0.15, -0.1) is 5.10 Å². The van der Waals surface area contributed by atoms with E-state index < -0.39 is 0 Å². The number of likely N-dealkylation sites (N-methyl/N-ethyl adjacent to an activating group) is 1. The van der Waals surface area contributed by atoms with Crippen LogP contribution >= 0.6 is 15.9 Å². The monoisotopic (exact) mass is 398 g/mol. The highest BCUT2D eigenvalue weighted by molar-refractivity contribution is 9.10. The van der Waals surface area contributed by atoms with E-state index in [-0.39, 0.29) is 0 Å². The first kappa shape index (κ1) is 17.3. The van der Waals surface area contributed by atoms with Crippen LogP contribution in [-0.2, 0) is 6.42 Å². The fraction of sp³-hybridized carbons (Fsp3) is 0.222.